The zero-order chi connectivity index (χ0) is 14.5. The fraction of sp³-hybridized carbons (Fsp3) is 0.143. The van der Waals surface area contributed by atoms with Crippen LogP contribution >= 0.6 is 11.3 Å². The Labute approximate surface area is 120 Å². The van der Waals surface area contributed by atoms with Crippen LogP contribution in [0.15, 0.2) is 35.7 Å². The summed E-state index contributed by atoms with van der Waals surface area (Å²) in [6.45, 7) is 1.43. The van der Waals surface area contributed by atoms with Crippen LogP contribution in [0.2, 0.25) is 0 Å². The van der Waals surface area contributed by atoms with Crippen molar-refractivity contribution in [3.05, 3.63) is 40.6 Å². The van der Waals surface area contributed by atoms with Crippen molar-refractivity contribution >= 4 is 34.5 Å². The predicted molar refractivity (Wildman–Crippen MR) is 79.6 cm³/mol. The number of rotatable bonds is 4. The van der Waals surface area contributed by atoms with Gasteiger partial charge in [-0.25, -0.2) is 0 Å². The smallest absolute Gasteiger partial charge is 0.265 e. The number of anilines is 2. The summed E-state index contributed by atoms with van der Waals surface area (Å²) < 4.78 is 5.22. The number of hydrogen-bond acceptors (Lipinski definition) is 4. The Balaban J connectivity index is 2.19. The summed E-state index contributed by atoms with van der Waals surface area (Å²) in [6.07, 6.45) is 0. The third-order valence-corrected chi connectivity index (χ3v) is 3.38. The second-order valence-corrected chi connectivity index (χ2v) is 4.98. The van der Waals surface area contributed by atoms with E-state index in [1.54, 1.807) is 24.3 Å². The average molecular weight is 290 g/mol. The summed E-state index contributed by atoms with van der Waals surface area (Å²) in [5.74, 6) is 0.133. The van der Waals surface area contributed by atoms with Gasteiger partial charge in [0.15, 0.2) is 0 Å². The minimum Gasteiger partial charge on any atom is -0.494 e. The third-order valence-electron chi connectivity index (χ3n) is 2.52. The Morgan fingerprint density at radius 2 is 2.00 bits per heavy atom. The fourth-order valence-corrected chi connectivity index (χ4v) is 2.29. The first-order chi connectivity index (χ1) is 9.60. The van der Waals surface area contributed by atoms with E-state index in [4.69, 9.17) is 4.74 Å². The zero-order valence-electron chi connectivity index (χ0n) is 11.1. The molecule has 0 saturated carbocycles. The molecule has 0 radical (unpaired) electrons. The van der Waals surface area contributed by atoms with Crippen LogP contribution < -0.4 is 15.4 Å². The lowest BCUT2D eigenvalue weighted by molar-refractivity contribution is -0.114. The van der Waals surface area contributed by atoms with Crippen molar-refractivity contribution in [2.45, 2.75) is 6.92 Å². The summed E-state index contributed by atoms with van der Waals surface area (Å²) in [5, 5.41) is 7.28. The van der Waals surface area contributed by atoms with Crippen molar-refractivity contribution in [2.75, 3.05) is 17.7 Å². The highest BCUT2D eigenvalue weighted by Crippen LogP contribution is 2.28. The fourth-order valence-electron chi connectivity index (χ4n) is 1.67. The molecule has 0 spiro atoms. The molecular formula is C14H14N2O3S. The first-order valence-corrected chi connectivity index (χ1v) is 6.78. The Bertz CT molecular complexity index is 623. The van der Waals surface area contributed by atoms with Crippen LogP contribution in [0.3, 0.4) is 0 Å². The van der Waals surface area contributed by atoms with E-state index in [1.807, 2.05) is 11.4 Å². The Morgan fingerprint density at radius 1 is 1.20 bits per heavy atom. The molecule has 2 aromatic rings. The second-order valence-electron chi connectivity index (χ2n) is 4.03. The van der Waals surface area contributed by atoms with E-state index >= 15 is 0 Å². The molecule has 0 aliphatic rings. The molecular weight excluding hydrogens is 276 g/mol. The van der Waals surface area contributed by atoms with Gasteiger partial charge in [-0.05, 0) is 23.6 Å². The Hall–Kier alpha value is -2.34. The lowest BCUT2D eigenvalue weighted by Crippen LogP contribution is -2.11. The van der Waals surface area contributed by atoms with Gasteiger partial charge in [0.05, 0.1) is 17.7 Å². The molecule has 1 heterocycles. The van der Waals surface area contributed by atoms with Crippen molar-refractivity contribution in [2.24, 2.45) is 0 Å². The van der Waals surface area contributed by atoms with Gasteiger partial charge in [-0.1, -0.05) is 6.07 Å². The van der Waals surface area contributed by atoms with Crippen LogP contribution in [0.1, 0.15) is 16.6 Å². The van der Waals surface area contributed by atoms with Crippen LogP contribution in [-0.4, -0.2) is 18.9 Å². The van der Waals surface area contributed by atoms with E-state index < -0.39 is 0 Å². The molecule has 0 atom stereocenters. The van der Waals surface area contributed by atoms with Crippen molar-refractivity contribution in [3.8, 4) is 5.75 Å². The summed E-state index contributed by atoms with van der Waals surface area (Å²) in [7, 11) is 1.51. The molecule has 6 heteroatoms. The molecule has 20 heavy (non-hydrogen) atoms. The molecule has 5 nitrogen and oxygen atoms in total. The number of hydrogen-bond donors (Lipinski definition) is 2. The molecule has 104 valence electrons. The van der Waals surface area contributed by atoms with Gasteiger partial charge in [0.1, 0.15) is 5.75 Å². The largest absolute Gasteiger partial charge is 0.494 e. The van der Waals surface area contributed by atoms with Crippen molar-refractivity contribution in [3.63, 3.8) is 0 Å². The molecule has 0 saturated heterocycles. The van der Waals surface area contributed by atoms with E-state index in [2.05, 4.69) is 10.6 Å². The summed E-state index contributed by atoms with van der Waals surface area (Å²) >= 11 is 1.37. The highest BCUT2D eigenvalue weighted by atomic mass is 32.1. The van der Waals surface area contributed by atoms with Crippen molar-refractivity contribution in [1.82, 2.24) is 0 Å². The predicted octanol–water partition coefficient (Wildman–Crippen LogP) is 2.97. The van der Waals surface area contributed by atoms with Gasteiger partial charge in [0.2, 0.25) is 5.91 Å². The monoisotopic (exact) mass is 290 g/mol. The van der Waals surface area contributed by atoms with E-state index in [9.17, 15) is 9.59 Å². The number of ether oxygens (including phenoxy) is 1. The maximum atomic E-state index is 12.0. The summed E-state index contributed by atoms with van der Waals surface area (Å²) in [4.78, 5) is 23.6. The summed E-state index contributed by atoms with van der Waals surface area (Å²) in [5.41, 5.74) is 1.17. The van der Waals surface area contributed by atoms with Gasteiger partial charge in [-0.3, -0.25) is 9.59 Å². The SMILES string of the molecule is COc1cc(NC(C)=O)ccc1NC(=O)c1cccs1. The second kappa shape index (κ2) is 6.21. The van der Waals surface area contributed by atoms with E-state index in [1.165, 1.54) is 25.4 Å². The van der Waals surface area contributed by atoms with Crippen LogP contribution in [0.4, 0.5) is 11.4 Å². The Morgan fingerprint density at radius 3 is 2.60 bits per heavy atom. The van der Waals surface area contributed by atoms with E-state index in [-0.39, 0.29) is 11.8 Å². The number of methoxy groups -OCH3 is 1. The van der Waals surface area contributed by atoms with Gasteiger partial charge in [0.25, 0.3) is 5.91 Å². The highest BCUT2D eigenvalue weighted by Gasteiger charge is 2.11. The number of benzene rings is 1. The molecule has 0 bridgehead atoms. The number of amides is 2. The standard InChI is InChI=1S/C14H14N2O3S/c1-9(17)15-10-5-6-11(12(8-10)19-2)16-14(18)13-4-3-7-20-13/h3-8H,1-2H3,(H,15,17)(H,16,18). The first-order valence-electron chi connectivity index (χ1n) is 5.90. The summed E-state index contributed by atoms with van der Waals surface area (Å²) in [6, 6.07) is 8.61. The molecule has 0 fully saturated rings. The van der Waals surface area contributed by atoms with Gasteiger partial charge in [0, 0.05) is 18.7 Å². The van der Waals surface area contributed by atoms with Crippen LogP contribution in [0, 0.1) is 0 Å². The van der Waals surface area contributed by atoms with Gasteiger partial charge in [-0.15, -0.1) is 11.3 Å². The minimum absolute atomic E-state index is 0.164. The number of carbonyl (C=O) groups excluding carboxylic acids is 2. The van der Waals surface area contributed by atoms with Gasteiger partial charge < -0.3 is 15.4 Å². The molecule has 0 aliphatic heterocycles. The molecule has 2 rings (SSSR count). The molecule has 2 amide bonds. The maximum Gasteiger partial charge on any atom is 0.265 e. The maximum absolute atomic E-state index is 12.0. The third kappa shape index (κ3) is 3.36. The number of nitrogens with one attached hydrogen (secondary N) is 2. The number of thiophene rings is 1. The van der Waals surface area contributed by atoms with E-state index in [0.717, 1.165) is 0 Å². The minimum atomic E-state index is -0.189. The van der Waals surface area contributed by atoms with Crippen molar-refractivity contribution < 1.29 is 14.3 Å². The lowest BCUT2D eigenvalue weighted by Gasteiger charge is -2.11. The van der Waals surface area contributed by atoms with Crippen LogP contribution in [0.5, 0.6) is 5.75 Å². The van der Waals surface area contributed by atoms with Crippen molar-refractivity contribution in [1.29, 1.82) is 0 Å². The molecule has 2 N–H and O–H groups in total. The van der Waals surface area contributed by atoms with Gasteiger partial charge >= 0.3 is 0 Å². The van der Waals surface area contributed by atoms with Crippen LogP contribution in [0.25, 0.3) is 0 Å². The molecule has 1 aromatic carbocycles. The molecule has 0 unspecified atom stereocenters. The quantitative estimate of drug-likeness (QED) is 0.909. The number of carbonyl (C=O) groups is 2. The average Bonchev–Trinajstić information content (AvgIpc) is 2.93. The molecule has 0 aliphatic carbocycles. The van der Waals surface area contributed by atoms with Crippen LogP contribution in [-0.2, 0) is 4.79 Å². The lowest BCUT2D eigenvalue weighted by atomic mass is 10.2. The highest BCUT2D eigenvalue weighted by molar-refractivity contribution is 7.12. The van der Waals surface area contributed by atoms with E-state index in [0.29, 0.717) is 22.0 Å². The topological polar surface area (TPSA) is 67.4 Å². The zero-order valence-corrected chi connectivity index (χ0v) is 11.9. The Kier molecular flexibility index (Phi) is 4.37. The normalized spacial score (nSPS) is 9.90. The molecule has 1 aromatic heterocycles. The van der Waals surface area contributed by atoms with Gasteiger partial charge in [-0.2, -0.15) is 0 Å². The first kappa shape index (κ1) is 14.1.